The Morgan fingerprint density at radius 2 is 2.00 bits per heavy atom. The van der Waals surface area contributed by atoms with E-state index in [1.807, 2.05) is 0 Å². The summed E-state index contributed by atoms with van der Waals surface area (Å²) in [5, 5.41) is 13.8. The molecule has 0 spiro atoms. The molecule has 0 aliphatic rings. The van der Waals surface area contributed by atoms with Crippen LogP contribution in [0.3, 0.4) is 0 Å². The van der Waals surface area contributed by atoms with E-state index < -0.39 is 6.61 Å². The van der Waals surface area contributed by atoms with Crippen molar-refractivity contribution in [3.8, 4) is 11.5 Å². The number of hydrogen-bond donors (Lipinski definition) is 2. The molecule has 9 nitrogen and oxygen atoms in total. The van der Waals surface area contributed by atoms with Crippen LogP contribution in [0, 0.1) is 0 Å². The molecule has 3 rings (SSSR count). The lowest BCUT2D eigenvalue weighted by atomic mass is 10.1. The average molecular weight is 492 g/mol. The van der Waals surface area contributed by atoms with Crippen LogP contribution >= 0.6 is 11.8 Å². The summed E-state index contributed by atoms with van der Waals surface area (Å²) in [6.07, 6.45) is 1.94. The van der Waals surface area contributed by atoms with Crippen LogP contribution in [0.4, 0.5) is 14.5 Å². The molecule has 2 N–H and O–H groups in total. The number of carbonyl (C=O) groups is 2. The summed E-state index contributed by atoms with van der Waals surface area (Å²) in [6, 6.07) is 11.2. The van der Waals surface area contributed by atoms with Crippen molar-refractivity contribution in [2.24, 2.45) is 7.05 Å². The molecule has 0 aliphatic carbocycles. The minimum atomic E-state index is -2.97. The van der Waals surface area contributed by atoms with E-state index in [0.29, 0.717) is 28.4 Å². The third-order valence-corrected chi connectivity index (χ3v) is 5.59. The lowest BCUT2D eigenvalue weighted by Gasteiger charge is -2.12. The molecule has 0 bridgehead atoms. The zero-order chi connectivity index (χ0) is 24.5. The van der Waals surface area contributed by atoms with Crippen LogP contribution in [-0.4, -0.2) is 52.6 Å². The molecule has 1 aromatic heterocycles. The van der Waals surface area contributed by atoms with E-state index in [4.69, 9.17) is 4.74 Å². The number of nitrogens with zero attached hydrogens (tertiary/aromatic N) is 3. The molecule has 0 saturated carbocycles. The van der Waals surface area contributed by atoms with Gasteiger partial charge in [0.2, 0.25) is 5.91 Å². The number of halogens is 2. The maximum Gasteiger partial charge on any atom is 0.387 e. The second-order valence-corrected chi connectivity index (χ2v) is 7.95. The van der Waals surface area contributed by atoms with Gasteiger partial charge in [0.25, 0.3) is 5.91 Å². The maximum atomic E-state index is 12.6. The Hall–Kier alpha value is -3.67. The second kappa shape index (κ2) is 12.0. The number of alkyl halides is 2. The number of aryl methyl sites for hydroxylation is 1. The zero-order valence-corrected chi connectivity index (χ0v) is 19.3. The minimum Gasteiger partial charge on any atom is -0.493 e. The molecule has 0 aliphatic heterocycles. The molecule has 2 amide bonds. The SMILES string of the molecule is COc1ccc(CCNC(=O)c2cccc(NC(=O)CSc3nncn3C)c2)cc1OC(F)F. The Bertz CT molecular complexity index is 1140. The van der Waals surface area contributed by atoms with Gasteiger partial charge in [-0.3, -0.25) is 9.59 Å². The van der Waals surface area contributed by atoms with Crippen molar-refractivity contribution in [1.29, 1.82) is 0 Å². The number of hydrogen-bond acceptors (Lipinski definition) is 7. The third-order valence-electron chi connectivity index (χ3n) is 4.55. The molecular formula is C22H23F2N5O4S. The van der Waals surface area contributed by atoms with Gasteiger partial charge in [-0.25, -0.2) is 0 Å². The van der Waals surface area contributed by atoms with E-state index in [2.05, 4.69) is 25.6 Å². The van der Waals surface area contributed by atoms with E-state index in [1.165, 1.54) is 31.0 Å². The molecule has 180 valence electrons. The number of ether oxygens (including phenoxy) is 2. The van der Waals surface area contributed by atoms with Crippen LogP contribution in [0.15, 0.2) is 53.9 Å². The molecule has 0 atom stereocenters. The molecule has 3 aromatic rings. The molecule has 0 radical (unpaired) electrons. The molecule has 34 heavy (non-hydrogen) atoms. The fourth-order valence-corrected chi connectivity index (χ4v) is 3.64. The fraction of sp³-hybridized carbons (Fsp3) is 0.273. The van der Waals surface area contributed by atoms with Gasteiger partial charge in [-0.05, 0) is 42.3 Å². The first-order chi connectivity index (χ1) is 16.4. The van der Waals surface area contributed by atoms with Crippen LogP contribution in [-0.2, 0) is 18.3 Å². The fourth-order valence-electron chi connectivity index (χ4n) is 2.96. The molecule has 12 heteroatoms. The molecule has 0 fully saturated rings. The van der Waals surface area contributed by atoms with E-state index in [1.54, 1.807) is 48.3 Å². The first-order valence-electron chi connectivity index (χ1n) is 10.1. The van der Waals surface area contributed by atoms with Crippen molar-refractivity contribution in [2.45, 2.75) is 18.2 Å². The summed E-state index contributed by atoms with van der Waals surface area (Å²) < 4.78 is 36.4. The van der Waals surface area contributed by atoms with Crippen molar-refractivity contribution >= 4 is 29.3 Å². The number of amides is 2. The van der Waals surface area contributed by atoms with Gasteiger partial charge < -0.3 is 24.7 Å². The summed E-state index contributed by atoms with van der Waals surface area (Å²) in [6.45, 7) is -2.70. The highest BCUT2D eigenvalue weighted by atomic mass is 32.2. The summed E-state index contributed by atoms with van der Waals surface area (Å²) >= 11 is 1.25. The second-order valence-electron chi connectivity index (χ2n) is 7.01. The highest BCUT2D eigenvalue weighted by Gasteiger charge is 2.13. The van der Waals surface area contributed by atoms with Gasteiger partial charge in [0.1, 0.15) is 6.33 Å². The Morgan fingerprint density at radius 1 is 1.18 bits per heavy atom. The van der Waals surface area contributed by atoms with E-state index in [9.17, 15) is 18.4 Å². The van der Waals surface area contributed by atoms with Crippen LogP contribution in [0.5, 0.6) is 11.5 Å². The Morgan fingerprint density at radius 3 is 2.71 bits per heavy atom. The van der Waals surface area contributed by atoms with Crippen LogP contribution in [0.25, 0.3) is 0 Å². The summed E-state index contributed by atoms with van der Waals surface area (Å²) in [5.74, 6) is -0.305. The van der Waals surface area contributed by atoms with Crippen molar-refractivity contribution in [1.82, 2.24) is 20.1 Å². The van der Waals surface area contributed by atoms with Gasteiger partial charge in [-0.15, -0.1) is 10.2 Å². The maximum absolute atomic E-state index is 12.6. The smallest absolute Gasteiger partial charge is 0.387 e. The Labute approximate surface area is 198 Å². The van der Waals surface area contributed by atoms with Crippen LogP contribution in [0.1, 0.15) is 15.9 Å². The number of aromatic nitrogens is 3. The van der Waals surface area contributed by atoms with Gasteiger partial charge in [-0.1, -0.05) is 23.9 Å². The monoisotopic (exact) mass is 491 g/mol. The zero-order valence-electron chi connectivity index (χ0n) is 18.5. The number of carbonyl (C=O) groups excluding carboxylic acids is 2. The summed E-state index contributed by atoms with van der Waals surface area (Å²) in [4.78, 5) is 24.7. The molecule has 2 aromatic carbocycles. The van der Waals surface area contributed by atoms with Crippen molar-refractivity contribution in [2.75, 3.05) is 24.7 Å². The highest BCUT2D eigenvalue weighted by Crippen LogP contribution is 2.29. The molecular weight excluding hydrogens is 468 g/mol. The van der Waals surface area contributed by atoms with E-state index in [0.717, 1.165) is 0 Å². The lowest BCUT2D eigenvalue weighted by molar-refractivity contribution is -0.113. The standard InChI is InChI=1S/C22H23F2N5O4S/c1-29-13-26-28-22(29)34-12-19(30)27-16-5-3-4-15(11-16)20(31)25-9-8-14-6-7-17(32-2)18(10-14)33-21(23)24/h3-7,10-11,13,21H,8-9,12H2,1-2H3,(H,25,31)(H,27,30). The quantitative estimate of drug-likeness (QED) is 0.397. The molecule has 1 heterocycles. The van der Waals surface area contributed by atoms with Crippen molar-refractivity contribution in [3.63, 3.8) is 0 Å². The summed E-state index contributed by atoms with van der Waals surface area (Å²) in [5.41, 5.74) is 1.55. The lowest BCUT2D eigenvalue weighted by Crippen LogP contribution is -2.26. The van der Waals surface area contributed by atoms with Gasteiger partial charge in [0.05, 0.1) is 12.9 Å². The normalized spacial score (nSPS) is 10.7. The average Bonchev–Trinajstić information content (AvgIpc) is 3.22. The Balaban J connectivity index is 1.51. The number of nitrogens with one attached hydrogen (secondary N) is 2. The van der Waals surface area contributed by atoms with Crippen molar-refractivity contribution in [3.05, 3.63) is 59.9 Å². The van der Waals surface area contributed by atoms with Gasteiger partial charge in [0.15, 0.2) is 16.7 Å². The van der Waals surface area contributed by atoms with Crippen molar-refractivity contribution < 1.29 is 27.8 Å². The molecule has 0 saturated heterocycles. The number of benzene rings is 2. The van der Waals surface area contributed by atoms with E-state index in [-0.39, 0.29) is 35.6 Å². The number of thioether (sulfide) groups is 1. The largest absolute Gasteiger partial charge is 0.493 e. The third kappa shape index (κ3) is 7.17. The molecule has 0 unspecified atom stereocenters. The first-order valence-corrected chi connectivity index (χ1v) is 11.1. The van der Waals surface area contributed by atoms with Crippen LogP contribution in [0.2, 0.25) is 0 Å². The predicted molar refractivity (Wildman–Crippen MR) is 122 cm³/mol. The van der Waals surface area contributed by atoms with Gasteiger partial charge >= 0.3 is 6.61 Å². The van der Waals surface area contributed by atoms with E-state index >= 15 is 0 Å². The van der Waals surface area contributed by atoms with Gasteiger partial charge in [0, 0.05) is 24.8 Å². The van der Waals surface area contributed by atoms with Gasteiger partial charge in [-0.2, -0.15) is 8.78 Å². The highest BCUT2D eigenvalue weighted by molar-refractivity contribution is 7.99. The predicted octanol–water partition coefficient (Wildman–Crippen LogP) is 3.13. The Kier molecular flexibility index (Phi) is 8.79. The number of anilines is 1. The van der Waals surface area contributed by atoms with Crippen LogP contribution < -0.4 is 20.1 Å². The first kappa shape index (κ1) is 25.0. The number of rotatable bonds is 11. The summed E-state index contributed by atoms with van der Waals surface area (Å²) in [7, 11) is 3.15. The topological polar surface area (TPSA) is 107 Å². The number of methoxy groups -OCH3 is 1. The minimum absolute atomic E-state index is 0.0675.